The van der Waals surface area contributed by atoms with E-state index in [1.807, 2.05) is 0 Å². The van der Waals surface area contributed by atoms with Crippen LogP contribution in [0.15, 0.2) is 35.6 Å². The average molecular weight is 352 g/mol. The van der Waals surface area contributed by atoms with Crippen LogP contribution < -0.4 is 10.7 Å². The van der Waals surface area contributed by atoms with Crippen LogP contribution in [-0.4, -0.2) is 41.2 Å². The van der Waals surface area contributed by atoms with Gasteiger partial charge >= 0.3 is 5.97 Å². The van der Waals surface area contributed by atoms with Gasteiger partial charge in [0.05, 0.1) is 25.2 Å². The molecule has 1 aromatic heterocycles. The first-order valence-electron chi connectivity index (χ1n) is 6.50. The average Bonchev–Trinajstić information content (AvgIpc) is 2.98. The van der Waals surface area contributed by atoms with Gasteiger partial charge in [0.15, 0.2) is 5.11 Å². The van der Waals surface area contributed by atoms with Gasteiger partial charge in [-0.3, -0.25) is 5.43 Å². The summed E-state index contributed by atoms with van der Waals surface area (Å²) in [6.45, 7) is 0. The van der Waals surface area contributed by atoms with Crippen molar-refractivity contribution in [1.29, 1.82) is 0 Å². The third-order valence-corrected chi connectivity index (χ3v) is 3.41. The minimum absolute atomic E-state index is 0.281. The molecule has 2 N–H and O–H groups in total. The number of methoxy groups -OCH3 is 1. The van der Waals surface area contributed by atoms with E-state index in [1.54, 1.807) is 36.0 Å². The van der Waals surface area contributed by atoms with Crippen molar-refractivity contribution < 1.29 is 9.53 Å². The molecule has 1 heterocycles. The van der Waals surface area contributed by atoms with Crippen LogP contribution in [0.4, 0.5) is 0 Å². The molecule has 0 radical (unpaired) electrons. The monoisotopic (exact) mass is 351 g/mol. The third-order valence-electron chi connectivity index (χ3n) is 2.86. The number of nitrogens with zero attached hydrogens (tertiary/aromatic N) is 3. The molecule has 0 saturated carbocycles. The Kier molecular flexibility index (Phi) is 5.67. The summed E-state index contributed by atoms with van der Waals surface area (Å²) in [6.07, 6.45) is 2.86. The highest BCUT2D eigenvalue weighted by atomic mass is 35.5. The van der Waals surface area contributed by atoms with E-state index in [2.05, 4.69) is 20.9 Å². The fourth-order valence-electron chi connectivity index (χ4n) is 1.75. The number of hydrazone groups is 1. The van der Waals surface area contributed by atoms with Crippen molar-refractivity contribution in [2.75, 3.05) is 14.2 Å². The minimum Gasteiger partial charge on any atom is -0.465 e. The number of esters is 1. The molecule has 2 rings (SSSR count). The maximum Gasteiger partial charge on any atom is 0.341 e. The molecule has 0 amide bonds. The summed E-state index contributed by atoms with van der Waals surface area (Å²) in [5.74, 6) is -0.511. The van der Waals surface area contributed by atoms with Gasteiger partial charge in [-0.15, -0.1) is 0 Å². The molecule has 120 valence electrons. The first kappa shape index (κ1) is 16.9. The molecule has 23 heavy (non-hydrogen) atoms. The second-order valence-corrected chi connectivity index (χ2v) is 5.12. The second kappa shape index (κ2) is 7.70. The Bertz CT molecular complexity index is 742. The number of nitrogens with one attached hydrogen (secondary N) is 2. The number of hydrogen-bond acceptors (Lipinski definition) is 5. The summed E-state index contributed by atoms with van der Waals surface area (Å²) in [5, 5.41) is 11.9. The van der Waals surface area contributed by atoms with Crippen molar-refractivity contribution in [2.45, 2.75) is 0 Å². The molecule has 0 bridgehead atoms. The van der Waals surface area contributed by atoms with E-state index in [1.165, 1.54) is 19.5 Å². The van der Waals surface area contributed by atoms with Gasteiger partial charge in [-0.25, -0.2) is 9.48 Å². The predicted molar refractivity (Wildman–Crippen MR) is 92.3 cm³/mol. The Morgan fingerprint density at radius 2 is 2.13 bits per heavy atom. The number of carbonyl (C=O) groups excluding carboxylic acids is 1. The highest BCUT2D eigenvalue weighted by Crippen LogP contribution is 2.17. The lowest BCUT2D eigenvalue weighted by Crippen LogP contribution is -2.28. The number of benzene rings is 1. The van der Waals surface area contributed by atoms with E-state index < -0.39 is 5.97 Å². The maximum atomic E-state index is 11.9. The zero-order valence-corrected chi connectivity index (χ0v) is 14.0. The van der Waals surface area contributed by atoms with E-state index in [0.29, 0.717) is 15.8 Å². The highest BCUT2D eigenvalue weighted by Gasteiger charge is 2.17. The molecule has 0 aliphatic carbocycles. The molecule has 0 saturated heterocycles. The molecule has 2 aromatic rings. The van der Waals surface area contributed by atoms with Crippen LogP contribution in [-0.2, 0) is 4.74 Å². The fourth-order valence-corrected chi connectivity index (χ4v) is 1.92. The molecule has 9 heteroatoms. The number of halogens is 1. The number of hydrogen-bond donors (Lipinski definition) is 2. The Balaban J connectivity index is 2.42. The van der Waals surface area contributed by atoms with Crippen LogP contribution in [0, 0.1) is 0 Å². The van der Waals surface area contributed by atoms with Crippen molar-refractivity contribution in [1.82, 2.24) is 20.5 Å². The lowest BCUT2D eigenvalue weighted by molar-refractivity contribution is 0.0600. The minimum atomic E-state index is -0.511. The van der Waals surface area contributed by atoms with Crippen LogP contribution in [0.1, 0.15) is 16.1 Å². The summed E-state index contributed by atoms with van der Waals surface area (Å²) in [4.78, 5) is 11.9. The van der Waals surface area contributed by atoms with Gasteiger partial charge in [0.25, 0.3) is 0 Å². The summed E-state index contributed by atoms with van der Waals surface area (Å²) in [6, 6.07) is 7.01. The standard InChI is InChI=1S/C14H14ClN5O2S/c1-16-14(23)19-17-8-12-11(13(21)22-2)7-18-20(12)10-5-3-9(15)4-6-10/h3-8H,1-2H3,(H2,16,19,23)/b17-8-. The molecular formula is C14H14ClN5O2S. The SMILES string of the molecule is CNC(=S)N/N=C\c1c(C(=O)OC)cnn1-c1ccc(Cl)cc1. The van der Waals surface area contributed by atoms with Crippen molar-refractivity contribution in [3.63, 3.8) is 0 Å². The summed E-state index contributed by atoms with van der Waals surface area (Å²) < 4.78 is 6.31. The molecule has 0 aliphatic rings. The van der Waals surface area contributed by atoms with E-state index in [4.69, 9.17) is 28.6 Å². The Labute approximate surface area is 143 Å². The Morgan fingerprint density at radius 1 is 1.43 bits per heavy atom. The number of carbonyl (C=O) groups is 1. The van der Waals surface area contributed by atoms with Crippen molar-refractivity contribution >= 4 is 41.1 Å². The van der Waals surface area contributed by atoms with Crippen LogP contribution >= 0.6 is 23.8 Å². The Morgan fingerprint density at radius 3 is 2.74 bits per heavy atom. The lowest BCUT2D eigenvalue weighted by Gasteiger charge is -2.06. The lowest BCUT2D eigenvalue weighted by atomic mass is 10.2. The van der Waals surface area contributed by atoms with Gasteiger partial charge in [0, 0.05) is 12.1 Å². The molecule has 0 atom stereocenters. The summed E-state index contributed by atoms with van der Waals surface area (Å²) >= 11 is 10.8. The van der Waals surface area contributed by atoms with Gasteiger partial charge in [-0.05, 0) is 36.5 Å². The predicted octanol–water partition coefficient (Wildman–Crippen LogP) is 1.74. The van der Waals surface area contributed by atoms with Crippen molar-refractivity contribution in [2.24, 2.45) is 5.10 Å². The molecule has 1 aromatic carbocycles. The fraction of sp³-hybridized carbons (Fsp3) is 0.143. The maximum absolute atomic E-state index is 11.9. The summed E-state index contributed by atoms with van der Waals surface area (Å²) in [7, 11) is 2.97. The second-order valence-electron chi connectivity index (χ2n) is 4.27. The number of thiocarbonyl (C=S) groups is 1. The smallest absolute Gasteiger partial charge is 0.341 e. The third kappa shape index (κ3) is 4.05. The largest absolute Gasteiger partial charge is 0.465 e. The van der Waals surface area contributed by atoms with Crippen molar-refractivity contribution in [3.8, 4) is 5.69 Å². The van der Waals surface area contributed by atoms with Crippen LogP contribution in [0.2, 0.25) is 5.02 Å². The normalized spacial score (nSPS) is 10.6. The van der Waals surface area contributed by atoms with Gasteiger partial charge in [0.2, 0.25) is 0 Å². The van der Waals surface area contributed by atoms with E-state index in [0.717, 1.165) is 5.69 Å². The number of ether oxygens (including phenoxy) is 1. The number of aromatic nitrogens is 2. The van der Waals surface area contributed by atoms with Gasteiger partial charge in [0.1, 0.15) is 11.3 Å². The van der Waals surface area contributed by atoms with E-state index in [9.17, 15) is 4.79 Å². The molecule has 7 nitrogen and oxygen atoms in total. The topological polar surface area (TPSA) is 80.5 Å². The van der Waals surface area contributed by atoms with E-state index >= 15 is 0 Å². The van der Waals surface area contributed by atoms with Crippen LogP contribution in [0.5, 0.6) is 0 Å². The van der Waals surface area contributed by atoms with Crippen LogP contribution in [0.3, 0.4) is 0 Å². The van der Waals surface area contributed by atoms with E-state index in [-0.39, 0.29) is 5.56 Å². The highest BCUT2D eigenvalue weighted by molar-refractivity contribution is 7.80. The van der Waals surface area contributed by atoms with Gasteiger partial charge in [-0.2, -0.15) is 10.2 Å². The molecule has 0 spiro atoms. The molecular weight excluding hydrogens is 338 g/mol. The quantitative estimate of drug-likeness (QED) is 0.378. The first-order chi connectivity index (χ1) is 11.1. The number of rotatable bonds is 4. The molecule has 0 fully saturated rings. The van der Waals surface area contributed by atoms with Gasteiger partial charge < -0.3 is 10.1 Å². The molecule has 0 aliphatic heterocycles. The van der Waals surface area contributed by atoms with Crippen molar-refractivity contribution in [3.05, 3.63) is 46.7 Å². The first-order valence-corrected chi connectivity index (χ1v) is 7.28. The zero-order valence-electron chi connectivity index (χ0n) is 12.4. The van der Waals surface area contributed by atoms with Crippen LogP contribution in [0.25, 0.3) is 5.69 Å². The zero-order chi connectivity index (χ0) is 16.8. The summed E-state index contributed by atoms with van der Waals surface area (Å²) in [5.41, 5.74) is 4.07. The molecule has 0 unspecified atom stereocenters. The van der Waals surface area contributed by atoms with Gasteiger partial charge in [-0.1, -0.05) is 11.6 Å². The Hall–Kier alpha value is -2.45.